The molecule has 5 nitrogen and oxygen atoms in total. The van der Waals surface area contributed by atoms with Crippen LogP contribution >= 0.6 is 0 Å². The summed E-state index contributed by atoms with van der Waals surface area (Å²) in [7, 11) is 0. The van der Waals surface area contributed by atoms with Crippen LogP contribution in [0.4, 0.5) is 0 Å². The molecule has 1 aliphatic heterocycles. The van der Waals surface area contributed by atoms with E-state index in [2.05, 4.69) is 0 Å². The number of unbranched alkanes of at least 4 members (excludes halogenated alkanes) is 1. The molecule has 0 saturated heterocycles. The lowest BCUT2D eigenvalue weighted by molar-refractivity contribution is -0.148. The van der Waals surface area contributed by atoms with Gasteiger partial charge >= 0.3 is 5.97 Å². The number of hydrogen-bond acceptors (Lipinski definition) is 4. The molecular weight excluding hydrogens is 330 g/mol. The highest BCUT2D eigenvalue weighted by atomic mass is 16.5. The van der Waals surface area contributed by atoms with Crippen molar-refractivity contribution >= 4 is 17.8 Å². The Bertz CT molecular complexity index is 781. The van der Waals surface area contributed by atoms with Gasteiger partial charge in [-0.25, -0.2) is 4.79 Å². The Balaban J connectivity index is 1.89. The SMILES string of the molecule is CCCCOC(=O)[C@H](Cc1ccccc1)N1C(=O)c2ccccc2C1=O. The molecule has 0 unspecified atom stereocenters. The quantitative estimate of drug-likeness (QED) is 0.436. The minimum atomic E-state index is -0.971. The Hall–Kier alpha value is -2.95. The number of carbonyl (C=O) groups is 3. The number of imide groups is 1. The summed E-state index contributed by atoms with van der Waals surface area (Å²) in [6, 6.07) is 15.0. The van der Waals surface area contributed by atoms with Gasteiger partial charge in [-0.05, 0) is 24.1 Å². The van der Waals surface area contributed by atoms with Crippen molar-refractivity contribution in [2.75, 3.05) is 6.61 Å². The summed E-state index contributed by atoms with van der Waals surface area (Å²) >= 11 is 0. The van der Waals surface area contributed by atoms with E-state index in [-0.39, 0.29) is 13.0 Å². The van der Waals surface area contributed by atoms with Gasteiger partial charge in [-0.3, -0.25) is 14.5 Å². The van der Waals surface area contributed by atoms with Gasteiger partial charge < -0.3 is 4.74 Å². The van der Waals surface area contributed by atoms with Crippen molar-refractivity contribution in [1.82, 2.24) is 4.90 Å². The predicted molar refractivity (Wildman–Crippen MR) is 96.7 cm³/mol. The number of rotatable bonds is 7. The monoisotopic (exact) mass is 351 g/mol. The van der Waals surface area contributed by atoms with Gasteiger partial charge in [0.05, 0.1) is 17.7 Å². The minimum absolute atomic E-state index is 0.233. The lowest BCUT2D eigenvalue weighted by Crippen LogP contribution is -2.47. The van der Waals surface area contributed by atoms with Crippen molar-refractivity contribution in [1.29, 1.82) is 0 Å². The maximum absolute atomic E-state index is 12.8. The van der Waals surface area contributed by atoms with Gasteiger partial charge in [0.1, 0.15) is 6.04 Å². The van der Waals surface area contributed by atoms with E-state index in [9.17, 15) is 14.4 Å². The molecule has 0 N–H and O–H groups in total. The molecule has 0 radical (unpaired) electrons. The van der Waals surface area contributed by atoms with Crippen LogP contribution in [-0.4, -0.2) is 35.3 Å². The van der Waals surface area contributed by atoms with Crippen molar-refractivity contribution in [3.05, 3.63) is 71.3 Å². The number of amides is 2. The lowest BCUT2D eigenvalue weighted by atomic mass is 10.0. The third-order valence-corrected chi connectivity index (χ3v) is 4.42. The second-order valence-electron chi connectivity index (χ2n) is 6.25. The Kier molecular flexibility index (Phi) is 5.46. The molecule has 1 atom stereocenters. The smallest absolute Gasteiger partial charge is 0.329 e. The van der Waals surface area contributed by atoms with Crippen LogP contribution in [0.2, 0.25) is 0 Å². The van der Waals surface area contributed by atoms with Crippen LogP contribution in [-0.2, 0) is 16.0 Å². The van der Waals surface area contributed by atoms with Gasteiger partial charge in [-0.15, -0.1) is 0 Å². The van der Waals surface area contributed by atoms with Crippen molar-refractivity contribution in [2.24, 2.45) is 0 Å². The normalized spacial score (nSPS) is 14.3. The molecular formula is C21H21NO4. The van der Waals surface area contributed by atoms with E-state index in [0.717, 1.165) is 23.3 Å². The predicted octanol–water partition coefficient (Wildman–Crippen LogP) is 3.24. The zero-order valence-corrected chi connectivity index (χ0v) is 14.7. The number of benzene rings is 2. The molecule has 3 rings (SSSR count). The average molecular weight is 351 g/mol. The fraction of sp³-hybridized carbons (Fsp3) is 0.286. The fourth-order valence-corrected chi connectivity index (χ4v) is 3.02. The van der Waals surface area contributed by atoms with Gasteiger partial charge in [0, 0.05) is 6.42 Å². The van der Waals surface area contributed by atoms with Crippen LogP contribution in [0, 0.1) is 0 Å². The summed E-state index contributed by atoms with van der Waals surface area (Å²) < 4.78 is 5.34. The molecule has 0 spiro atoms. The number of esters is 1. The standard InChI is InChI=1S/C21H21NO4/c1-2-3-13-26-21(25)18(14-15-9-5-4-6-10-15)22-19(23)16-11-7-8-12-17(16)20(22)24/h4-12,18H,2-3,13-14H2,1H3/t18-/m0/s1. The van der Waals surface area contributed by atoms with Gasteiger partial charge in [-0.2, -0.15) is 0 Å². The molecule has 0 fully saturated rings. The summed E-state index contributed by atoms with van der Waals surface area (Å²) in [6.07, 6.45) is 1.87. The van der Waals surface area contributed by atoms with E-state index in [1.807, 2.05) is 37.3 Å². The van der Waals surface area contributed by atoms with Crippen LogP contribution in [0.15, 0.2) is 54.6 Å². The Morgan fingerprint density at radius 3 is 2.12 bits per heavy atom. The first kappa shape index (κ1) is 17.9. The maximum atomic E-state index is 12.8. The van der Waals surface area contributed by atoms with E-state index in [4.69, 9.17) is 4.74 Å². The van der Waals surface area contributed by atoms with E-state index >= 15 is 0 Å². The van der Waals surface area contributed by atoms with Gasteiger partial charge in [0.25, 0.3) is 11.8 Å². The molecule has 2 aromatic carbocycles. The number of carbonyl (C=O) groups excluding carboxylic acids is 3. The van der Waals surface area contributed by atoms with Gasteiger partial charge in [0.15, 0.2) is 0 Å². The van der Waals surface area contributed by atoms with E-state index in [0.29, 0.717) is 11.1 Å². The summed E-state index contributed by atoms with van der Waals surface area (Å²) in [4.78, 5) is 39.3. The Labute approximate surface area is 152 Å². The van der Waals surface area contributed by atoms with Crippen LogP contribution < -0.4 is 0 Å². The minimum Gasteiger partial charge on any atom is -0.464 e. The molecule has 0 aromatic heterocycles. The molecule has 1 heterocycles. The molecule has 134 valence electrons. The topological polar surface area (TPSA) is 63.7 Å². The summed E-state index contributed by atoms with van der Waals surface area (Å²) in [5.41, 5.74) is 1.52. The fourth-order valence-electron chi connectivity index (χ4n) is 3.02. The Morgan fingerprint density at radius 1 is 0.962 bits per heavy atom. The number of nitrogens with zero attached hydrogens (tertiary/aromatic N) is 1. The maximum Gasteiger partial charge on any atom is 0.329 e. The highest BCUT2D eigenvalue weighted by Crippen LogP contribution is 2.26. The van der Waals surface area contributed by atoms with Crippen molar-refractivity contribution < 1.29 is 19.1 Å². The van der Waals surface area contributed by atoms with E-state index < -0.39 is 23.8 Å². The van der Waals surface area contributed by atoms with Crippen LogP contribution in [0.25, 0.3) is 0 Å². The van der Waals surface area contributed by atoms with Crippen molar-refractivity contribution in [2.45, 2.75) is 32.2 Å². The average Bonchev–Trinajstić information content (AvgIpc) is 2.92. The van der Waals surface area contributed by atoms with E-state index in [1.54, 1.807) is 24.3 Å². The zero-order valence-electron chi connectivity index (χ0n) is 14.7. The first-order valence-electron chi connectivity index (χ1n) is 8.81. The Morgan fingerprint density at radius 2 is 1.54 bits per heavy atom. The first-order chi connectivity index (χ1) is 12.6. The van der Waals surface area contributed by atoms with Crippen LogP contribution in [0.3, 0.4) is 0 Å². The highest BCUT2D eigenvalue weighted by molar-refractivity contribution is 6.22. The third-order valence-electron chi connectivity index (χ3n) is 4.42. The molecule has 5 heteroatoms. The first-order valence-corrected chi connectivity index (χ1v) is 8.81. The number of ether oxygens (including phenoxy) is 1. The number of fused-ring (bicyclic) bond motifs is 1. The molecule has 26 heavy (non-hydrogen) atoms. The summed E-state index contributed by atoms with van der Waals surface area (Å²) in [6.45, 7) is 2.28. The third kappa shape index (κ3) is 3.52. The van der Waals surface area contributed by atoms with Crippen molar-refractivity contribution in [3.63, 3.8) is 0 Å². The highest BCUT2D eigenvalue weighted by Gasteiger charge is 2.43. The second kappa shape index (κ2) is 7.95. The molecule has 0 saturated carbocycles. The second-order valence-corrected chi connectivity index (χ2v) is 6.25. The summed E-state index contributed by atoms with van der Waals surface area (Å²) in [5, 5.41) is 0. The molecule has 1 aliphatic rings. The molecule has 0 aliphatic carbocycles. The van der Waals surface area contributed by atoms with E-state index in [1.165, 1.54) is 0 Å². The van der Waals surface area contributed by atoms with Crippen molar-refractivity contribution in [3.8, 4) is 0 Å². The van der Waals surface area contributed by atoms with Crippen LogP contribution in [0.1, 0.15) is 46.0 Å². The van der Waals surface area contributed by atoms with Gasteiger partial charge in [-0.1, -0.05) is 55.8 Å². The molecule has 0 bridgehead atoms. The van der Waals surface area contributed by atoms with Crippen LogP contribution in [0.5, 0.6) is 0 Å². The molecule has 2 aromatic rings. The lowest BCUT2D eigenvalue weighted by Gasteiger charge is -2.24. The number of hydrogen-bond donors (Lipinski definition) is 0. The van der Waals surface area contributed by atoms with Gasteiger partial charge in [0.2, 0.25) is 0 Å². The largest absolute Gasteiger partial charge is 0.464 e. The summed E-state index contributed by atoms with van der Waals surface area (Å²) in [5.74, 6) is -1.44. The molecule has 2 amide bonds. The zero-order chi connectivity index (χ0) is 18.5.